The molecule has 0 radical (unpaired) electrons. The van der Waals surface area contributed by atoms with Crippen molar-refractivity contribution in [3.8, 4) is 0 Å². The van der Waals surface area contributed by atoms with Gasteiger partial charge in [0.2, 0.25) is 0 Å². The van der Waals surface area contributed by atoms with E-state index in [4.69, 9.17) is 18.9 Å². The van der Waals surface area contributed by atoms with Crippen LogP contribution in [0, 0.1) is 11.8 Å². The average Bonchev–Trinajstić information content (AvgIpc) is 3.48. The van der Waals surface area contributed by atoms with E-state index in [-0.39, 0.29) is 42.1 Å². The van der Waals surface area contributed by atoms with E-state index in [1.54, 1.807) is 0 Å². The number of carbonyl (C=O) groups excluding carboxylic acids is 2. The fraction of sp³-hybridized carbons (Fsp3) is 0.889. The van der Waals surface area contributed by atoms with Crippen LogP contribution in [0.4, 0.5) is 0 Å². The molecule has 24 heavy (non-hydrogen) atoms. The van der Waals surface area contributed by atoms with E-state index in [0.29, 0.717) is 25.7 Å². The number of hydrogen-bond acceptors (Lipinski definition) is 6. The third-order valence-corrected chi connectivity index (χ3v) is 5.29. The van der Waals surface area contributed by atoms with Gasteiger partial charge in [0, 0.05) is 6.42 Å². The van der Waals surface area contributed by atoms with Crippen molar-refractivity contribution in [1.82, 2.24) is 0 Å². The molecule has 0 spiro atoms. The molecule has 2 saturated heterocycles. The molecule has 0 N–H and O–H groups in total. The van der Waals surface area contributed by atoms with Gasteiger partial charge >= 0.3 is 11.9 Å². The van der Waals surface area contributed by atoms with Gasteiger partial charge in [-0.3, -0.25) is 9.59 Å². The second-order valence-corrected chi connectivity index (χ2v) is 7.13. The molecule has 6 nitrogen and oxygen atoms in total. The van der Waals surface area contributed by atoms with Crippen molar-refractivity contribution >= 4 is 11.9 Å². The summed E-state index contributed by atoms with van der Waals surface area (Å²) in [5.41, 5.74) is 0. The van der Waals surface area contributed by atoms with Gasteiger partial charge in [-0.15, -0.1) is 0 Å². The predicted molar refractivity (Wildman–Crippen MR) is 85.3 cm³/mol. The predicted octanol–water partition coefficient (Wildman–Crippen LogP) is 2.23. The van der Waals surface area contributed by atoms with Gasteiger partial charge in [-0.05, 0) is 39.0 Å². The van der Waals surface area contributed by atoms with Crippen LogP contribution >= 0.6 is 0 Å². The standard InChI is InChI=1S/C18H28O6/c1-3-12(9-15-11(2)23-15)17(19)21-7-4-8-22-18(20)13-5-6-14-16(10-13)24-14/h11-16H,3-10H2,1-2H3. The minimum absolute atomic E-state index is 0.0266. The Bertz CT molecular complexity index is 464. The summed E-state index contributed by atoms with van der Waals surface area (Å²) in [4.78, 5) is 24.0. The summed E-state index contributed by atoms with van der Waals surface area (Å²) in [6.45, 7) is 4.59. The smallest absolute Gasteiger partial charge is 0.309 e. The van der Waals surface area contributed by atoms with Crippen LogP contribution in [0.3, 0.4) is 0 Å². The van der Waals surface area contributed by atoms with Crippen molar-refractivity contribution in [2.75, 3.05) is 13.2 Å². The molecule has 2 heterocycles. The molecule has 1 saturated carbocycles. The third kappa shape index (κ3) is 4.70. The van der Waals surface area contributed by atoms with Gasteiger partial charge in [-0.25, -0.2) is 0 Å². The maximum atomic E-state index is 12.0. The van der Waals surface area contributed by atoms with Gasteiger partial charge in [-0.1, -0.05) is 6.92 Å². The molecule has 3 rings (SSSR count). The molecule has 0 aromatic rings. The molecule has 1 aliphatic carbocycles. The molecule has 0 bridgehead atoms. The van der Waals surface area contributed by atoms with Crippen molar-refractivity contribution in [3.05, 3.63) is 0 Å². The number of hydrogen-bond donors (Lipinski definition) is 0. The van der Waals surface area contributed by atoms with Gasteiger partial charge in [-0.2, -0.15) is 0 Å². The molecule has 0 aromatic carbocycles. The lowest BCUT2D eigenvalue weighted by molar-refractivity contribution is -0.152. The normalized spacial score (nSPS) is 34.8. The summed E-state index contributed by atoms with van der Waals surface area (Å²) >= 11 is 0. The first-order valence-electron chi connectivity index (χ1n) is 9.22. The number of carbonyl (C=O) groups is 2. The molecule has 0 amide bonds. The van der Waals surface area contributed by atoms with Crippen molar-refractivity contribution in [1.29, 1.82) is 0 Å². The highest BCUT2D eigenvalue weighted by atomic mass is 16.6. The van der Waals surface area contributed by atoms with Crippen LogP contribution in [-0.2, 0) is 28.5 Å². The van der Waals surface area contributed by atoms with E-state index in [1.807, 2.05) is 13.8 Å². The zero-order valence-electron chi connectivity index (χ0n) is 14.6. The van der Waals surface area contributed by atoms with E-state index < -0.39 is 0 Å². The van der Waals surface area contributed by atoms with Crippen molar-refractivity contribution in [2.24, 2.45) is 11.8 Å². The van der Waals surface area contributed by atoms with Crippen LogP contribution in [0.15, 0.2) is 0 Å². The highest BCUT2D eigenvalue weighted by Gasteiger charge is 2.46. The minimum Gasteiger partial charge on any atom is -0.465 e. The maximum Gasteiger partial charge on any atom is 0.309 e. The number of fused-ring (bicyclic) bond motifs is 1. The summed E-state index contributed by atoms with van der Waals surface area (Å²) in [5, 5.41) is 0. The van der Waals surface area contributed by atoms with Crippen LogP contribution in [0.2, 0.25) is 0 Å². The van der Waals surface area contributed by atoms with Gasteiger partial charge < -0.3 is 18.9 Å². The second-order valence-electron chi connectivity index (χ2n) is 7.13. The highest BCUT2D eigenvalue weighted by Crippen LogP contribution is 2.39. The summed E-state index contributed by atoms with van der Waals surface area (Å²) in [6.07, 6.45) is 5.78. The lowest BCUT2D eigenvalue weighted by atomic mass is 9.89. The molecule has 6 unspecified atom stereocenters. The number of rotatable bonds is 9. The first-order valence-corrected chi connectivity index (χ1v) is 9.22. The molecule has 0 aromatic heterocycles. The van der Waals surface area contributed by atoms with E-state index in [0.717, 1.165) is 32.1 Å². The van der Waals surface area contributed by atoms with Gasteiger partial charge in [0.1, 0.15) is 0 Å². The minimum atomic E-state index is -0.171. The van der Waals surface area contributed by atoms with Crippen molar-refractivity contribution in [2.45, 2.75) is 76.8 Å². The van der Waals surface area contributed by atoms with Crippen LogP contribution < -0.4 is 0 Å². The van der Waals surface area contributed by atoms with Crippen molar-refractivity contribution < 1.29 is 28.5 Å². The van der Waals surface area contributed by atoms with Crippen molar-refractivity contribution in [3.63, 3.8) is 0 Å². The summed E-state index contributed by atoms with van der Waals surface area (Å²) in [6, 6.07) is 0. The average molecular weight is 340 g/mol. The van der Waals surface area contributed by atoms with Gasteiger partial charge in [0.25, 0.3) is 0 Å². The topological polar surface area (TPSA) is 77.7 Å². The van der Waals surface area contributed by atoms with E-state index in [2.05, 4.69) is 0 Å². The fourth-order valence-electron chi connectivity index (χ4n) is 3.45. The molecule has 6 heteroatoms. The Morgan fingerprint density at radius 2 is 1.88 bits per heavy atom. The molecule has 6 atom stereocenters. The van der Waals surface area contributed by atoms with Crippen LogP contribution in [0.25, 0.3) is 0 Å². The zero-order chi connectivity index (χ0) is 17.1. The molecule has 3 aliphatic rings. The lowest BCUT2D eigenvalue weighted by Crippen LogP contribution is -2.25. The lowest BCUT2D eigenvalue weighted by Gasteiger charge is -2.17. The van der Waals surface area contributed by atoms with Crippen LogP contribution in [0.1, 0.15) is 52.4 Å². The quantitative estimate of drug-likeness (QED) is 0.364. The monoisotopic (exact) mass is 340 g/mol. The Hall–Kier alpha value is -1.14. The fourth-order valence-corrected chi connectivity index (χ4v) is 3.45. The van der Waals surface area contributed by atoms with E-state index in [9.17, 15) is 9.59 Å². The van der Waals surface area contributed by atoms with Gasteiger partial charge in [0.15, 0.2) is 0 Å². The van der Waals surface area contributed by atoms with E-state index in [1.165, 1.54) is 0 Å². The Balaban J connectivity index is 1.24. The first-order chi connectivity index (χ1) is 11.6. The second kappa shape index (κ2) is 7.83. The summed E-state index contributed by atoms with van der Waals surface area (Å²) in [5.74, 6) is -0.435. The van der Waals surface area contributed by atoms with Crippen LogP contribution in [0.5, 0.6) is 0 Å². The third-order valence-electron chi connectivity index (χ3n) is 5.29. The molecule has 3 fully saturated rings. The number of esters is 2. The number of ether oxygens (including phenoxy) is 4. The summed E-state index contributed by atoms with van der Waals surface area (Å²) in [7, 11) is 0. The molecular formula is C18H28O6. The molecular weight excluding hydrogens is 312 g/mol. The van der Waals surface area contributed by atoms with Gasteiger partial charge in [0.05, 0.1) is 49.5 Å². The first kappa shape index (κ1) is 17.7. The summed E-state index contributed by atoms with van der Waals surface area (Å²) < 4.78 is 21.4. The zero-order valence-corrected chi connectivity index (χ0v) is 14.6. The Morgan fingerprint density at radius 1 is 1.12 bits per heavy atom. The Labute approximate surface area is 143 Å². The number of epoxide rings is 2. The molecule has 2 aliphatic heterocycles. The Kier molecular flexibility index (Phi) is 5.76. The SMILES string of the molecule is CCC(CC1OC1C)C(=O)OCCCOC(=O)C1CCC2OC2C1. The van der Waals surface area contributed by atoms with E-state index >= 15 is 0 Å². The maximum absolute atomic E-state index is 12.0. The molecule has 136 valence electrons. The highest BCUT2D eigenvalue weighted by molar-refractivity contribution is 5.73. The Morgan fingerprint density at radius 3 is 2.54 bits per heavy atom. The van der Waals surface area contributed by atoms with Crippen LogP contribution in [-0.4, -0.2) is 49.6 Å². The largest absolute Gasteiger partial charge is 0.465 e.